The van der Waals surface area contributed by atoms with Crippen LogP contribution in [0.3, 0.4) is 0 Å². The average Bonchev–Trinajstić information content (AvgIpc) is 2.94. The third-order valence-electron chi connectivity index (χ3n) is 5.09. The highest BCUT2D eigenvalue weighted by Crippen LogP contribution is 2.31. The number of pyridine rings is 2. The first-order chi connectivity index (χ1) is 12.7. The van der Waals surface area contributed by atoms with Crippen molar-refractivity contribution in [1.29, 1.82) is 0 Å². The Morgan fingerprint density at radius 1 is 1.08 bits per heavy atom. The van der Waals surface area contributed by atoms with Crippen LogP contribution in [0, 0.1) is 0 Å². The molecule has 2 aromatic heterocycles. The van der Waals surface area contributed by atoms with Gasteiger partial charge in [0.2, 0.25) is 0 Å². The first kappa shape index (κ1) is 16.5. The van der Waals surface area contributed by atoms with Gasteiger partial charge < -0.3 is 9.88 Å². The molecule has 3 heterocycles. The summed E-state index contributed by atoms with van der Waals surface area (Å²) in [5.74, 6) is -0.114. The quantitative estimate of drug-likeness (QED) is 0.769. The van der Waals surface area contributed by atoms with Crippen LogP contribution in [0.25, 0.3) is 10.8 Å². The van der Waals surface area contributed by atoms with Crippen LogP contribution in [-0.2, 0) is 0 Å². The predicted molar refractivity (Wildman–Crippen MR) is 101 cm³/mol. The van der Waals surface area contributed by atoms with Gasteiger partial charge in [-0.1, -0.05) is 31.0 Å². The fraction of sp³-hybridized carbons (Fsp3) is 0.286. The van der Waals surface area contributed by atoms with Crippen LogP contribution in [0.5, 0.6) is 0 Å². The molecule has 5 heteroatoms. The summed E-state index contributed by atoms with van der Waals surface area (Å²) in [5, 5.41) is 1.39. The highest BCUT2D eigenvalue weighted by atomic mass is 16.2. The number of likely N-dealkylation sites (tertiary alicyclic amines) is 1. The Kier molecular flexibility index (Phi) is 4.52. The monoisotopic (exact) mass is 347 g/mol. The summed E-state index contributed by atoms with van der Waals surface area (Å²) in [7, 11) is 0. The van der Waals surface area contributed by atoms with Crippen molar-refractivity contribution < 1.29 is 4.79 Å². The third-order valence-corrected chi connectivity index (χ3v) is 5.09. The standard InChI is InChI=1S/C21H21N3O2/c25-20-17-7-4-3-6-16(17)14-18(23-20)21(26)24-13-5-1-2-8-19(24)15-9-11-22-12-10-15/h3-4,6-7,9-12,14,19H,1-2,5,8,13H2,(H,23,25)/t19-/m0/s1. The van der Waals surface area contributed by atoms with E-state index < -0.39 is 0 Å². The van der Waals surface area contributed by atoms with Gasteiger partial charge in [0, 0.05) is 24.3 Å². The van der Waals surface area contributed by atoms with Crippen molar-refractivity contribution in [3.8, 4) is 0 Å². The van der Waals surface area contributed by atoms with Gasteiger partial charge in [0.25, 0.3) is 11.5 Å². The molecule has 5 nitrogen and oxygen atoms in total. The molecule has 1 fully saturated rings. The molecule has 26 heavy (non-hydrogen) atoms. The summed E-state index contributed by atoms with van der Waals surface area (Å²) >= 11 is 0. The smallest absolute Gasteiger partial charge is 0.270 e. The van der Waals surface area contributed by atoms with Crippen LogP contribution in [0.2, 0.25) is 0 Å². The van der Waals surface area contributed by atoms with E-state index in [9.17, 15) is 9.59 Å². The van der Waals surface area contributed by atoms with Crippen molar-refractivity contribution in [1.82, 2.24) is 14.9 Å². The molecule has 1 aliphatic heterocycles. The van der Waals surface area contributed by atoms with Crippen LogP contribution in [0.1, 0.15) is 47.8 Å². The van der Waals surface area contributed by atoms with Crippen LogP contribution in [0.15, 0.2) is 59.7 Å². The summed E-state index contributed by atoms with van der Waals surface area (Å²) in [4.78, 5) is 34.4. The number of H-pyrrole nitrogens is 1. The van der Waals surface area contributed by atoms with Crippen molar-refractivity contribution >= 4 is 16.7 Å². The van der Waals surface area contributed by atoms with Gasteiger partial charge in [-0.05, 0) is 48.1 Å². The number of carbonyl (C=O) groups is 1. The maximum absolute atomic E-state index is 13.3. The van der Waals surface area contributed by atoms with Gasteiger partial charge in [-0.15, -0.1) is 0 Å². The molecular formula is C21H21N3O2. The molecule has 4 rings (SSSR count). The largest absolute Gasteiger partial charge is 0.330 e. The second-order valence-electron chi connectivity index (χ2n) is 6.74. The van der Waals surface area contributed by atoms with Gasteiger partial charge in [0.1, 0.15) is 5.69 Å². The first-order valence-corrected chi connectivity index (χ1v) is 9.07. The molecule has 1 aliphatic rings. The van der Waals surface area contributed by atoms with Gasteiger partial charge in [0.15, 0.2) is 0 Å². The minimum Gasteiger partial charge on any atom is -0.330 e. The van der Waals surface area contributed by atoms with E-state index >= 15 is 0 Å². The van der Waals surface area contributed by atoms with Gasteiger partial charge in [0.05, 0.1) is 6.04 Å². The van der Waals surface area contributed by atoms with E-state index in [1.54, 1.807) is 24.5 Å². The SMILES string of the molecule is O=C(c1cc2ccccc2c(=O)[nH]1)N1CCCCC[C@H]1c1ccncc1. The zero-order valence-electron chi connectivity index (χ0n) is 14.5. The molecule has 0 spiro atoms. The Labute approximate surface area is 151 Å². The molecule has 1 amide bonds. The highest BCUT2D eigenvalue weighted by molar-refractivity contribution is 5.96. The normalized spacial score (nSPS) is 17.8. The van der Waals surface area contributed by atoms with E-state index in [1.165, 1.54) is 0 Å². The molecule has 0 aliphatic carbocycles. The Balaban J connectivity index is 1.74. The van der Waals surface area contributed by atoms with Crippen LogP contribution < -0.4 is 5.56 Å². The molecule has 1 aromatic carbocycles. The van der Waals surface area contributed by atoms with Crippen molar-refractivity contribution in [2.75, 3.05) is 6.54 Å². The zero-order valence-corrected chi connectivity index (χ0v) is 14.5. The summed E-state index contributed by atoms with van der Waals surface area (Å²) in [6, 6.07) is 13.1. The van der Waals surface area contributed by atoms with Gasteiger partial charge in [-0.3, -0.25) is 14.6 Å². The summed E-state index contributed by atoms with van der Waals surface area (Å²) in [6.07, 6.45) is 7.63. The molecule has 1 N–H and O–H groups in total. The number of amides is 1. The molecule has 0 saturated carbocycles. The second kappa shape index (κ2) is 7.12. The number of aromatic amines is 1. The lowest BCUT2D eigenvalue weighted by Crippen LogP contribution is -2.36. The maximum atomic E-state index is 13.3. The number of hydrogen-bond acceptors (Lipinski definition) is 3. The predicted octanol–water partition coefficient (Wildman–Crippen LogP) is 3.68. The number of aromatic nitrogens is 2. The number of fused-ring (bicyclic) bond motifs is 1. The highest BCUT2D eigenvalue weighted by Gasteiger charge is 2.28. The fourth-order valence-electron chi connectivity index (χ4n) is 3.76. The molecule has 1 saturated heterocycles. The minimum atomic E-state index is -0.221. The molecular weight excluding hydrogens is 326 g/mol. The number of carbonyl (C=O) groups excluding carboxylic acids is 1. The van der Waals surface area contributed by atoms with Crippen molar-refractivity contribution in [2.45, 2.75) is 31.7 Å². The Morgan fingerprint density at radius 2 is 1.88 bits per heavy atom. The molecule has 132 valence electrons. The van der Waals surface area contributed by atoms with Crippen molar-refractivity contribution in [3.05, 3.63) is 76.5 Å². The van der Waals surface area contributed by atoms with Crippen molar-refractivity contribution in [2.24, 2.45) is 0 Å². The van der Waals surface area contributed by atoms with E-state index in [0.717, 1.165) is 36.6 Å². The van der Waals surface area contributed by atoms with Gasteiger partial charge in [-0.25, -0.2) is 0 Å². The number of nitrogens with one attached hydrogen (secondary N) is 1. The Bertz CT molecular complexity index is 981. The lowest BCUT2D eigenvalue weighted by atomic mass is 10.0. The summed E-state index contributed by atoms with van der Waals surface area (Å²) in [6.45, 7) is 0.695. The van der Waals surface area contributed by atoms with E-state index in [1.807, 2.05) is 35.2 Å². The molecule has 1 atom stereocenters. The van der Waals surface area contributed by atoms with E-state index in [4.69, 9.17) is 0 Å². The van der Waals surface area contributed by atoms with E-state index in [2.05, 4.69) is 9.97 Å². The first-order valence-electron chi connectivity index (χ1n) is 9.07. The van der Waals surface area contributed by atoms with Crippen LogP contribution >= 0.6 is 0 Å². The number of benzene rings is 1. The lowest BCUT2D eigenvalue weighted by molar-refractivity contribution is 0.0674. The number of nitrogens with zero attached hydrogens (tertiary/aromatic N) is 2. The number of rotatable bonds is 2. The molecule has 0 radical (unpaired) electrons. The summed E-state index contributed by atoms with van der Waals surface area (Å²) in [5.41, 5.74) is 1.23. The van der Waals surface area contributed by atoms with Crippen LogP contribution in [0.4, 0.5) is 0 Å². The van der Waals surface area contributed by atoms with Gasteiger partial charge >= 0.3 is 0 Å². The molecule has 3 aromatic rings. The van der Waals surface area contributed by atoms with Gasteiger partial charge in [-0.2, -0.15) is 0 Å². The maximum Gasteiger partial charge on any atom is 0.270 e. The second-order valence-corrected chi connectivity index (χ2v) is 6.74. The lowest BCUT2D eigenvalue weighted by Gasteiger charge is -2.30. The Morgan fingerprint density at radius 3 is 2.73 bits per heavy atom. The molecule has 0 unspecified atom stereocenters. The molecule has 0 bridgehead atoms. The van der Waals surface area contributed by atoms with E-state index in [-0.39, 0.29) is 17.5 Å². The Hall–Kier alpha value is -2.95. The average molecular weight is 347 g/mol. The fourth-order valence-corrected chi connectivity index (χ4v) is 3.76. The topological polar surface area (TPSA) is 66.1 Å². The van der Waals surface area contributed by atoms with Crippen LogP contribution in [-0.4, -0.2) is 27.3 Å². The minimum absolute atomic E-state index is 0.0166. The zero-order chi connectivity index (χ0) is 17.9. The van der Waals surface area contributed by atoms with Crippen molar-refractivity contribution in [3.63, 3.8) is 0 Å². The third kappa shape index (κ3) is 3.12. The number of hydrogen-bond donors (Lipinski definition) is 1. The van der Waals surface area contributed by atoms with E-state index in [0.29, 0.717) is 17.6 Å². The summed E-state index contributed by atoms with van der Waals surface area (Å²) < 4.78 is 0.